The zero-order chi connectivity index (χ0) is 24.4. The van der Waals surface area contributed by atoms with E-state index in [0.717, 1.165) is 48.3 Å². The number of benzene rings is 1. The first-order valence-electron chi connectivity index (χ1n) is 11.7. The van der Waals surface area contributed by atoms with Crippen LogP contribution in [0.5, 0.6) is 0 Å². The lowest BCUT2D eigenvalue weighted by atomic mass is 9.87. The molecule has 2 aliphatic rings. The van der Waals surface area contributed by atoms with Crippen LogP contribution in [0.25, 0.3) is 10.9 Å². The molecule has 0 saturated carbocycles. The largest absolute Gasteiger partial charge is 0.357 e. The number of piperidine rings is 1. The molecule has 1 saturated heterocycles. The van der Waals surface area contributed by atoms with Gasteiger partial charge in [-0.25, -0.2) is 9.37 Å². The van der Waals surface area contributed by atoms with Gasteiger partial charge in [-0.05, 0) is 37.1 Å². The number of fused-ring (bicyclic) bond motifs is 1. The molecule has 1 amide bonds. The van der Waals surface area contributed by atoms with Crippen molar-refractivity contribution in [2.24, 2.45) is 0 Å². The molecule has 1 fully saturated rings. The van der Waals surface area contributed by atoms with Gasteiger partial charge >= 0.3 is 0 Å². The van der Waals surface area contributed by atoms with Crippen LogP contribution < -0.4 is 10.2 Å². The third-order valence-corrected chi connectivity index (χ3v) is 6.92. The lowest BCUT2D eigenvalue weighted by Gasteiger charge is -2.33. The Bertz CT molecular complexity index is 1370. The van der Waals surface area contributed by atoms with Crippen molar-refractivity contribution in [1.29, 1.82) is 0 Å². The smallest absolute Gasteiger partial charge is 0.250 e. The lowest BCUT2D eigenvalue weighted by molar-refractivity contribution is -0.117. The van der Waals surface area contributed by atoms with Crippen LogP contribution in [0.4, 0.5) is 10.2 Å². The molecule has 1 aliphatic carbocycles. The van der Waals surface area contributed by atoms with E-state index in [1.54, 1.807) is 12.4 Å². The number of anilines is 1. The Morgan fingerprint density at radius 3 is 2.66 bits per heavy atom. The number of hydrogen-bond acceptors (Lipinski definition) is 5. The van der Waals surface area contributed by atoms with Crippen molar-refractivity contribution in [1.82, 2.24) is 20.3 Å². The van der Waals surface area contributed by atoms with Crippen molar-refractivity contribution in [2.75, 3.05) is 25.0 Å². The van der Waals surface area contributed by atoms with Gasteiger partial charge in [-0.3, -0.25) is 14.8 Å². The van der Waals surface area contributed by atoms with Gasteiger partial charge < -0.3 is 10.2 Å². The molecule has 2 aromatic heterocycles. The fourth-order valence-electron chi connectivity index (χ4n) is 4.81. The van der Waals surface area contributed by atoms with E-state index in [2.05, 4.69) is 38.1 Å². The van der Waals surface area contributed by atoms with E-state index < -0.39 is 17.7 Å². The summed E-state index contributed by atoms with van der Waals surface area (Å²) < 4.78 is 14.9. The molecule has 1 N–H and O–H groups in total. The summed E-state index contributed by atoms with van der Waals surface area (Å²) in [5.41, 5.74) is 2.57. The highest BCUT2D eigenvalue weighted by Crippen LogP contribution is 2.36. The van der Waals surface area contributed by atoms with Gasteiger partial charge in [0.25, 0.3) is 5.91 Å². The first-order chi connectivity index (χ1) is 17.0. The summed E-state index contributed by atoms with van der Waals surface area (Å²) in [6.45, 7) is 1.65. The van der Waals surface area contributed by atoms with E-state index in [1.165, 1.54) is 7.05 Å². The highest BCUT2D eigenvalue weighted by Gasteiger charge is 2.29. The number of aromatic nitrogens is 3. The second kappa shape index (κ2) is 10.0. The number of rotatable bonds is 4. The number of hydrogen-bond donors (Lipinski definition) is 1. The van der Waals surface area contributed by atoms with Crippen LogP contribution in [0.1, 0.15) is 48.9 Å². The van der Waals surface area contributed by atoms with Crippen LogP contribution in [0, 0.1) is 11.8 Å². The SMILES string of the molecule is CNC(=O)C1=C(F)CC(c2nccnc2C2CCN(c3ccc4ccc(Cl)cc4n3)CC2)C#CC1. The van der Waals surface area contributed by atoms with Gasteiger partial charge in [0.1, 0.15) is 11.6 Å². The zero-order valence-corrected chi connectivity index (χ0v) is 20.1. The molecule has 178 valence electrons. The van der Waals surface area contributed by atoms with Crippen LogP contribution in [0.3, 0.4) is 0 Å². The summed E-state index contributed by atoms with van der Waals surface area (Å²) >= 11 is 6.15. The monoisotopic (exact) mass is 489 g/mol. The fraction of sp³-hybridized carbons (Fsp3) is 0.333. The molecule has 0 radical (unpaired) electrons. The quantitative estimate of drug-likeness (QED) is 0.527. The summed E-state index contributed by atoms with van der Waals surface area (Å²) in [7, 11) is 1.49. The highest BCUT2D eigenvalue weighted by molar-refractivity contribution is 6.31. The third-order valence-electron chi connectivity index (χ3n) is 6.68. The van der Waals surface area contributed by atoms with E-state index >= 15 is 0 Å². The Morgan fingerprint density at radius 2 is 1.89 bits per heavy atom. The molecule has 0 bridgehead atoms. The van der Waals surface area contributed by atoms with E-state index in [0.29, 0.717) is 10.7 Å². The van der Waals surface area contributed by atoms with Crippen LogP contribution in [0.2, 0.25) is 5.02 Å². The fourth-order valence-corrected chi connectivity index (χ4v) is 4.98. The van der Waals surface area contributed by atoms with Gasteiger partial charge in [0.15, 0.2) is 0 Å². The molecule has 0 spiro atoms. The molecule has 5 rings (SSSR count). The topological polar surface area (TPSA) is 71.0 Å². The lowest BCUT2D eigenvalue weighted by Crippen LogP contribution is -2.34. The number of nitrogens with one attached hydrogen (secondary N) is 1. The van der Waals surface area contributed by atoms with Gasteiger partial charge in [-0.2, -0.15) is 0 Å². The van der Waals surface area contributed by atoms with Crippen molar-refractivity contribution < 1.29 is 9.18 Å². The summed E-state index contributed by atoms with van der Waals surface area (Å²) in [5.74, 6) is 5.93. The first-order valence-corrected chi connectivity index (χ1v) is 12.1. The van der Waals surface area contributed by atoms with Crippen LogP contribution in [0.15, 0.2) is 54.1 Å². The minimum absolute atomic E-state index is 0.0316. The van der Waals surface area contributed by atoms with E-state index in [-0.39, 0.29) is 24.3 Å². The maximum Gasteiger partial charge on any atom is 0.250 e. The van der Waals surface area contributed by atoms with Crippen LogP contribution in [-0.4, -0.2) is 41.0 Å². The number of amides is 1. The summed E-state index contributed by atoms with van der Waals surface area (Å²) in [6.07, 6.45) is 5.20. The maximum absolute atomic E-state index is 14.9. The third kappa shape index (κ3) is 4.85. The average molecular weight is 490 g/mol. The van der Waals surface area contributed by atoms with Crippen molar-refractivity contribution >= 4 is 34.2 Å². The number of carbonyl (C=O) groups is 1. The van der Waals surface area contributed by atoms with Crippen molar-refractivity contribution in [3.8, 4) is 11.8 Å². The molecule has 1 aliphatic heterocycles. The van der Waals surface area contributed by atoms with Gasteiger partial charge in [-0.15, -0.1) is 0 Å². The number of likely N-dealkylation sites (N-methyl/N-ethyl adjacent to an activating group) is 1. The van der Waals surface area contributed by atoms with Crippen molar-refractivity contribution in [2.45, 2.75) is 37.5 Å². The first kappa shape index (κ1) is 23.3. The molecule has 3 heterocycles. The zero-order valence-electron chi connectivity index (χ0n) is 19.4. The molecular weight excluding hydrogens is 465 g/mol. The predicted molar refractivity (Wildman–Crippen MR) is 135 cm³/mol. The highest BCUT2D eigenvalue weighted by atomic mass is 35.5. The van der Waals surface area contributed by atoms with E-state index in [4.69, 9.17) is 16.6 Å². The average Bonchev–Trinajstić information content (AvgIpc) is 3.09. The minimum atomic E-state index is -0.444. The summed E-state index contributed by atoms with van der Waals surface area (Å²) in [5, 5.41) is 4.22. The Labute approximate surface area is 208 Å². The predicted octanol–water partition coefficient (Wildman–Crippen LogP) is 4.91. The molecule has 35 heavy (non-hydrogen) atoms. The number of halogens is 2. The van der Waals surface area contributed by atoms with Crippen LogP contribution >= 0.6 is 11.6 Å². The summed E-state index contributed by atoms with van der Waals surface area (Å²) in [4.78, 5) is 28.3. The van der Waals surface area contributed by atoms with Gasteiger partial charge in [-0.1, -0.05) is 29.5 Å². The van der Waals surface area contributed by atoms with Gasteiger partial charge in [0, 0.05) is 61.7 Å². The van der Waals surface area contributed by atoms with E-state index in [9.17, 15) is 9.18 Å². The molecule has 8 heteroatoms. The molecular formula is C27H25ClFN5O. The number of nitrogens with zero attached hydrogens (tertiary/aromatic N) is 4. The van der Waals surface area contributed by atoms with E-state index in [1.807, 2.05) is 24.3 Å². The number of carbonyl (C=O) groups excluding carboxylic acids is 1. The number of pyridine rings is 1. The van der Waals surface area contributed by atoms with Gasteiger partial charge in [0.2, 0.25) is 0 Å². The van der Waals surface area contributed by atoms with Crippen molar-refractivity contribution in [3.63, 3.8) is 0 Å². The number of allylic oxidation sites excluding steroid dienone is 1. The summed E-state index contributed by atoms with van der Waals surface area (Å²) in [6, 6.07) is 9.85. The Balaban J connectivity index is 1.34. The Kier molecular flexibility index (Phi) is 6.65. The Morgan fingerprint density at radius 1 is 1.14 bits per heavy atom. The molecule has 1 aromatic carbocycles. The minimum Gasteiger partial charge on any atom is -0.357 e. The molecule has 1 atom stereocenters. The molecule has 6 nitrogen and oxygen atoms in total. The van der Waals surface area contributed by atoms with Crippen LogP contribution in [-0.2, 0) is 4.79 Å². The second-order valence-electron chi connectivity index (χ2n) is 8.81. The molecule has 3 aromatic rings. The molecule has 1 unspecified atom stereocenters. The van der Waals surface area contributed by atoms with Gasteiger partial charge in [0.05, 0.1) is 28.4 Å². The normalized spacial score (nSPS) is 18.7. The standard InChI is InChI=1S/C27H25ClFN5O/c1-30-27(35)21-4-2-3-19(15-22(21)29)26-25(31-11-12-32-26)18-9-13-34(14-10-18)24-8-6-17-5-7-20(28)16-23(17)33-24/h5-8,11-12,16,18-19H,4,9-10,13-15H2,1H3,(H,30,35). The Hall–Kier alpha value is -3.50. The van der Waals surface area contributed by atoms with Crippen molar-refractivity contribution in [3.05, 3.63) is 70.5 Å². The maximum atomic E-state index is 14.9. The second-order valence-corrected chi connectivity index (χ2v) is 9.25.